The fourth-order valence-electron chi connectivity index (χ4n) is 2.48. The Bertz CT molecular complexity index is 346. The maximum absolute atomic E-state index is 6.01. The second-order valence-electron chi connectivity index (χ2n) is 5.33. The molecule has 1 aromatic rings. The van der Waals surface area contributed by atoms with Crippen molar-refractivity contribution in [3.8, 4) is 0 Å². The van der Waals surface area contributed by atoms with Crippen molar-refractivity contribution >= 4 is 11.3 Å². The fraction of sp³-hybridized carbons (Fsp3) is 0.800. The molecule has 2 rings (SSSR count). The van der Waals surface area contributed by atoms with E-state index in [2.05, 4.69) is 22.6 Å². The average Bonchev–Trinajstić information content (AvgIpc) is 2.71. The predicted molar refractivity (Wildman–Crippen MR) is 80.4 cm³/mol. The van der Waals surface area contributed by atoms with Crippen molar-refractivity contribution in [1.82, 2.24) is 10.3 Å². The molecule has 4 heteroatoms. The zero-order valence-electron chi connectivity index (χ0n) is 12.0. The number of ether oxygens (including phenoxy) is 1. The van der Waals surface area contributed by atoms with Gasteiger partial charge in [-0.15, -0.1) is 11.3 Å². The second-order valence-corrected chi connectivity index (χ2v) is 6.28. The van der Waals surface area contributed by atoms with Crippen LogP contribution < -0.4 is 5.32 Å². The SMILES string of the molecule is CCCNCc1nc(COC2CCCCCC2)cs1. The molecule has 1 aliphatic carbocycles. The second kappa shape index (κ2) is 8.67. The van der Waals surface area contributed by atoms with Crippen LogP contribution in [0.3, 0.4) is 0 Å². The predicted octanol–water partition coefficient (Wildman–Crippen LogP) is 3.88. The standard InChI is InChI=1S/C15H26N2OS/c1-2-9-16-10-15-17-13(12-19-15)11-18-14-7-5-3-4-6-8-14/h12,14,16H,2-11H2,1H3. The summed E-state index contributed by atoms with van der Waals surface area (Å²) in [5.74, 6) is 0. The largest absolute Gasteiger partial charge is 0.372 e. The Morgan fingerprint density at radius 1 is 1.32 bits per heavy atom. The van der Waals surface area contributed by atoms with Gasteiger partial charge in [0, 0.05) is 11.9 Å². The molecule has 1 aliphatic rings. The van der Waals surface area contributed by atoms with Crippen LogP contribution >= 0.6 is 11.3 Å². The molecular formula is C15H26N2OS. The summed E-state index contributed by atoms with van der Waals surface area (Å²) in [4.78, 5) is 4.62. The Labute approximate surface area is 120 Å². The van der Waals surface area contributed by atoms with Crippen molar-refractivity contribution in [3.63, 3.8) is 0 Å². The molecular weight excluding hydrogens is 256 g/mol. The van der Waals surface area contributed by atoms with Crippen LogP contribution in [0, 0.1) is 0 Å². The first kappa shape index (κ1) is 14.9. The summed E-state index contributed by atoms with van der Waals surface area (Å²) in [6.45, 7) is 4.82. The lowest BCUT2D eigenvalue weighted by Crippen LogP contribution is -2.14. The van der Waals surface area contributed by atoms with Gasteiger partial charge in [0.1, 0.15) is 5.01 Å². The minimum atomic E-state index is 0.464. The molecule has 0 amide bonds. The number of hydrogen-bond donors (Lipinski definition) is 1. The molecule has 1 aromatic heterocycles. The average molecular weight is 282 g/mol. The molecule has 0 saturated heterocycles. The summed E-state index contributed by atoms with van der Waals surface area (Å²) in [7, 11) is 0. The van der Waals surface area contributed by atoms with Crippen molar-refractivity contribution in [2.75, 3.05) is 6.54 Å². The molecule has 3 nitrogen and oxygen atoms in total. The lowest BCUT2D eigenvalue weighted by atomic mass is 10.1. The molecule has 1 saturated carbocycles. The Morgan fingerprint density at radius 2 is 2.11 bits per heavy atom. The van der Waals surface area contributed by atoms with Crippen molar-refractivity contribution in [1.29, 1.82) is 0 Å². The molecule has 0 bridgehead atoms. The number of nitrogens with zero attached hydrogens (tertiary/aromatic N) is 1. The first-order valence-corrected chi connectivity index (χ1v) is 8.52. The van der Waals surface area contributed by atoms with Crippen molar-refractivity contribution < 1.29 is 4.74 Å². The highest BCUT2D eigenvalue weighted by Gasteiger charge is 2.13. The zero-order valence-corrected chi connectivity index (χ0v) is 12.8. The van der Waals surface area contributed by atoms with E-state index in [1.54, 1.807) is 11.3 Å². The maximum atomic E-state index is 6.01. The van der Waals surface area contributed by atoms with E-state index in [4.69, 9.17) is 4.74 Å². The van der Waals surface area contributed by atoms with Crippen LogP contribution in [0.2, 0.25) is 0 Å². The van der Waals surface area contributed by atoms with Crippen LogP contribution in [0.1, 0.15) is 62.6 Å². The minimum Gasteiger partial charge on any atom is -0.372 e. The molecule has 1 N–H and O–H groups in total. The zero-order chi connectivity index (χ0) is 13.3. The van der Waals surface area contributed by atoms with Gasteiger partial charge < -0.3 is 10.1 Å². The molecule has 0 aromatic carbocycles. The quantitative estimate of drug-likeness (QED) is 0.608. The Kier molecular flexibility index (Phi) is 6.82. The van der Waals surface area contributed by atoms with E-state index in [0.29, 0.717) is 12.7 Å². The summed E-state index contributed by atoms with van der Waals surface area (Å²) in [5.41, 5.74) is 1.10. The molecule has 0 atom stereocenters. The number of nitrogens with one attached hydrogen (secondary N) is 1. The Balaban J connectivity index is 1.70. The van der Waals surface area contributed by atoms with Crippen LogP contribution in [0.25, 0.3) is 0 Å². The normalized spacial score (nSPS) is 17.5. The van der Waals surface area contributed by atoms with E-state index in [-0.39, 0.29) is 0 Å². The number of hydrogen-bond acceptors (Lipinski definition) is 4. The van der Waals surface area contributed by atoms with Crippen molar-refractivity contribution in [3.05, 3.63) is 16.1 Å². The van der Waals surface area contributed by atoms with Gasteiger partial charge in [-0.2, -0.15) is 0 Å². The molecule has 1 fully saturated rings. The van der Waals surface area contributed by atoms with E-state index in [0.717, 1.165) is 18.8 Å². The molecule has 19 heavy (non-hydrogen) atoms. The fourth-order valence-corrected chi connectivity index (χ4v) is 3.23. The van der Waals surface area contributed by atoms with E-state index in [1.807, 2.05) is 0 Å². The van der Waals surface area contributed by atoms with Gasteiger partial charge in [-0.05, 0) is 25.8 Å². The van der Waals surface area contributed by atoms with Crippen molar-refractivity contribution in [2.45, 2.75) is 71.1 Å². The highest BCUT2D eigenvalue weighted by Crippen LogP contribution is 2.21. The van der Waals surface area contributed by atoms with Gasteiger partial charge >= 0.3 is 0 Å². The summed E-state index contributed by atoms with van der Waals surface area (Å²) in [5, 5.41) is 6.70. The van der Waals surface area contributed by atoms with Gasteiger partial charge in [-0.25, -0.2) is 4.98 Å². The third kappa shape index (κ3) is 5.59. The minimum absolute atomic E-state index is 0.464. The summed E-state index contributed by atoms with van der Waals surface area (Å²) in [6.07, 6.45) is 9.51. The van der Waals surface area contributed by atoms with Crippen molar-refractivity contribution in [2.24, 2.45) is 0 Å². The van der Waals surface area contributed by atoms with Crippen LogP contribution in [-0.4, -0.2) is 17.6 Å². The smallest absolute Gasteiger partial charge is 0.107 e. The van der Waals surface area contributed by atoms with Gasteiger partial charge in [0.05, 0.1) is 18.4 Å². The first-order valence-electron chi connectivity index (χ1n) is 7.64. The van der Waals surface area contributed by atoms with Crippen LogP contribution in [0.5, 0.6) is 0 Å². The summed E-state index contributed by atoms with van der Waals surface area (Å²) < 4.78 is 6.01. The van der Waals surface area contributed by atoms with E-state index in [1.165, 1.54) is 50.0 Å². The highest BCUT2D eigenvalue weighted by atomic mass is 32.1. The molecule has 1 heterocycles. The monoisotopic (exact) mass is 282 g/mol. The third-order valence-corrected chi connectivity index (χ3v) is 4.47. The Hall–Kier alpha value is -0.450. The Morgan fingerprint density at radius 3 is 2.84 bits per heavy atom. The number of aromatic nitrogens is 1. The molecule has 0 unspecified atom stereocenters. The van der Waals surface area contributed by atoms with E-state index in [9.17, 15) is 0 Å². The topological polar surface area (TPSA) is 34.2 Å². The summed E-state index contributed by atoms with van der Waals surface area (Å²) in [6, 6.07) is 0. The lowest BCUT2D eigenvalue weighted by molar-refractivity contribution is 0.0294. The number of thiazole rings is 1. The maximum Gasteiger partial charge on any atom is 0.107 e. The van der Waals surface area contributed by atoms with Gasteiger partial charge in [0.15, 0.2) is 0 Å². The van der Waals surface area contributed by atoms with E-state index < -0.39 is 0 Å². The van der Waals surface area contributed by atoms with Gasteiger partial charge in [0.2, 0.25) is 0 Å². The molecule has 0 spiro atoms. The first-order chi connectivity index (χ1) is 9.38. The summed E-state index contributed by atoms with van der Waals surface area (Å²) >= 11 is 1.74. The third-order valence-electron chi connectivity index (χ3n) is 3.57. The molecule has 0 radical (unpaired) electrons. The molecule has 108 valence electrons. The lowest BCUT2D eigenvalue weighted by Gasteiger charge is -2.14. The van der Waals surface area contributed by atoms with Gasteiger partial charge in [0.25, 0.3) is 0 Å². The highest BCUT2D eigenvalue weighted by molar-refractivity contribution is 7.09. The van der Waals surface area contributed by atoms with Crippen LogP contribution in [0.4, 0.5) is 0 Å². The van der Waals surface area contributed by atoms with Crippen LogP contribution in [0.15, 0.2) is 5.38 Å². The van der Waals surface area contributed by atoms with Gasteiger partial charge in [-0.1, -0.05) is 32.6 Å². The molecule has 0 aliphatic heterocycles. The van der Waals surface area contributed by atoms with E-state index >= 15 is 0 Å². The number of rotatable bonds is 7. The van der Waals surface area contributed by atoms with Crippen LogP contribution in [-0.2, 0) is 17.9 Å². The van der Waals surface area contributed by atoms with Gasteiger partial charge in [-0.3, -0.25) is 0 Å².